The molecule has 0 saturated heterocycles. The second kappa shape index (κ2) is 8.37. The fraction of sp³-hybridized carbons (Fsp3) is 0.118. The van der Waals surface area contributed by atoms with Crippen molar-refractivity contribution in [1.29, 1.82) is 0 Å². The van der Waals surface area contributed by atoms with E-state index >= 15 is 0 Å². The molecule has 0 bridgehead atoms. The summed E-state index contributed by atoms with van der Waals surface area (Å²) in [5, 5.41) is 5.30. The van der Waals surface area contributed by atoms with Crippen LogP contribution in [-0.4, -0.2) is 22.6 Å². The van der Waals surface area contributed by atoms with Gasteiger partial charge in [-0.05, 0) is 59.6 Å². The Hall–Kier alpha value is -4.28. The first kappa shape index (κ1) is 22.9. The molecule has 6 aromatic rings. The van der Waals surface area contributed by atoms with Gasteiger partial charge in [0.15, 0.2) is 5.82 Å². The first-order valence-electron chi connectivity index (χ1n) is 13.2. The normalized spacial score (nSPS) is 14.2. The van der Waals surface area contributed by atoms with Gasteiger partial charge < -0.3 is 4.57 Å². The van der Waals surface area contributed by atoms with Crippen molar-refractivity contribution in [3.05, 3.63) is 109 Å². The van der Waals surface area contributed by atoms with Crippen LogP contribution in [-0.2, 0) is 0 Å². The van der Waals surface area contributed by atoms with E-state index in [2.05, 4.69) is 135 Å². The van der Waals surface area contributed by atoms with Gasteiger partial charge in [0.25, 0.3) is 0 Å². The summed E-state index contributed by atoms with van der Waals surface area (Å²) in [6, 6.07) is 35.0. The Balaban J connectivity index is 1.57. The molecule has 0 saturated carbocycles. The maximum Gasteiger partial charge on any atom is 0.155 e. The van der Waals surface area contributed by atoms with Gasteiger partial charge in [-0.1, -0.05) is 92.0 Å². The predicted molar refractivity (Wildman–Crippen MR) is 163 cm³/mol. The van der Waals surface area contributed by atoms with E-state index in [9.17, 15) is 0 Å². The van der Waals surface area contributed by atoms with E-state index in [4.69, 9.17) is 9.97 Å². The van der Waals surface area contributed by atoms with Gasteiger partial charge >= 0.3 is 0 Å². The summed E-state index contributed by atoms with van der Waals surface area (Å²) in [6.45, 7) is 9.03. The SMILES string of the molecule is C/C=C(\C)c1nc(-c2ccc3c4ccccc4n(-c4ccccc4)c3c2)c2c(n1)-c1ccccc1[Si]2(C)C. The number of aromatic nitrogens is 3. The second-order valence-corrected chi connectivity index (χ2v) is 15.0. The first-order chi connectivity index (χ1) is 18.5. The van der Waals surface area contributed by atoms with E-state index in [0.29, 0.717) is 0 Å². The van der Waals surface area contributed by atoms with E-state index in [1.165, 1.54) is 37.7 Å². The average Bonchev–Trinajstić information content (AvgIpc) is 3.41. The van der Waals surface area contributed by atoms with Crippen LogP contribution in [0.25, 0.3) is 55.6 Å². The van der Waals surface area contributed by atoms with Gasteiger partial charge in [-0.2, -0.15) is 0 Å². The van der Waals surface area contributed by atoms with Crippen molar-refractivity contribution in [2.75, 3.05) is 0 Å². The topological polar surface area (TPSA) is 30.7 Å². The van der Waals surface area contributed by atoms with E-state index in [0.717, 1.165) is 34.0 Å². The van der Waals surface area contributed by atoms with Gasteiger partial charge in [-0.3, -0.25) is 0 Å². The summed E-state index contributed by atoms with van der Waals surface area (Å²) in [5.74, 6) is 0.812. The van der Waals surface area contributed by atoms with Gasteiger partial charge in [-0.15, -0.1) is 0 Å². The fourth-order valence-corrected chi connectivity index (χ4v) is 9.34. The molecular weight excluding hydrogens is 478 g/mol. The fourth-order valence-electron chi connectivity index (χ4n) is 6.10. The van der Waals surface area contributed by atoms with Crippen molar-refractivity contribution < 1.29 is 0 Å². The number of fused-ring (bicyclic) bond motifs is 6. The standard InChI is InChI=1S/C34H29N3Si/c1-5-22(2)34-35-31(33-32(36-34)27-16-10-12-18-30(27)38(33,3)4)23-19-20-26-25-15-9-11-17-28(25)37(29(26)21-23)24-13-7-6-8-14-24/h5-21H,1-4H3/b22-5+. The lowest BCUT2D eigenvalue weighted by molar-refractivity contribution is 1.13. The number of allylic oxidation sites excluding steroid dienone is 2. The highest BCUT2D eigenvalue weighted by Crippen LogP contribution is 2.37. The average molecular weight is 508 g/mol. The molecule has 2 aromatic heterocycles. The summed E-state index contributed by atoms with van der Waals surface area (Å²) in [7, 11) is -2.00. The van der Waals surface area contributed by atoms with E-state index in [1.807, 2.05) is 0 Å². The van der Waals surface area contributed by atoms with Gasteiger partial charge in [0, 0.05) is 22.0 Å². The summed E-state index contributed by atoms with van der Waals surface area (Å²) in [6.07, 6.45) is 2.10. The van der Waals surface area contributed by atoms with Crippen molar-refractivity contribution in [3.63, 3.8) is 0 Å². The Morgan fingerprint density at radius 3 is 2.24 bits per heavy atom. The van der Waals surface area contributed by atoms with Gasteiger partial charge in [0.1, 0.15) is 8.07 Å². The third-order valence-electron chi connectivity index (χ3n) is 8.14. The maximum absolute atomic E-state index is 5.27. The number of hydrogen-bond donors (Lipinski definition) is 0. The van der Waals surface area contributed by atoms with Crippen LogP contribution in [0.4, 0.5) is 0 Å². The first-order valence-corrected chi connectivity index (χ1v) is 16.2. The molecule has 3 nitrogen and oxygen atoms in total. The lowest BCUT2D eigenvalue weighted by Gasteiger charge is -2.22. The van der Waals surface area contributed by atoms with Gasteiger partial charge in [0.2, 0.25) is 0 Å². The lowest BCUT2D eigenvalue weighted by Crippen LogP contribution is -2.50. The lowest BCUT2D eigenvalue weighted by atomic mass is 10.0. The van der Waals surface area contributed by atoms with E-state index in [1.54, 1.807) is 0 Å². The highest BCUT2D eigenvalue weighted by Gasteiger charge is 2.41. The molecule has 0 unspecified atom stereocenters. The van der Waals surface area contributed by atoms with Gasteiger partial charge in [0.05, 0.1) is 22.4 Å². The third-order valence-corrected chi connectivity index (χ3v) is 11.6. The van der Waals surface area contributed by atoms with Crippen LogP contribution >= 0.6 is 0 Å². The quantitative estimate of drug-likeness (QED) is 0.233. The summed E-state index contributed by atoms with van der Waals surface area (Å²) >= 11 is 0. The zero-order valence-corrected chi connectivity index (χ0v) is 23.2. The van der Waals surface area contributed by atoms with Crippen molar-refractivity contribution in [2.24, 2.45) is 0 Å². The van der Waals surface area contributed by atoms with Crippen molar-refractivity contribution in [2.45, 2.75) is 26.9 Å². The number of hydrogen-bond acceptors (Lipinski definition) is 2. The molecule has 0 atom stereocenters. The molecule has 0 radical (unpaired) electrons. The third kappa shape index (κ3) is 3.20. The molecule has 0 amide bonds. The molecule has 184 valence electrons. The molecular formula is C34H29N3Si. The molecule has 38 heavy (non-hydrogen) atoms. The summed E-state index contributed by atoms with van der Waals surface area (Å²) in [4.78, 5) is 10.4. The largest absolute Gasteiger partial charge is 0.309 e. The monoisotopic (exact) mass is 507 g/mol. The molecule has 4 aromatic carbocycles. The number of benzene rings is 4. The van der Waals surface area contributed by atoms with Crippen LogP contribution in [0.3, 0.4) is 0 Å². The maximum atomic E-state index is 5.27. The number of rotatable bonds is 3. The Morgan fingerprint density at radius 2 is 1.42 bits per heavy atom. The Kier molecular flexibility index (Phi) is 5.04. The minimum Gasteiger partial charge on any atom is -0.309 e. The minimum atomic E-state index is -2.00. The summed E-state index contributed by atoms with van der Waals surface area (Å²) < 4.78 is 2.38. The molecule has 0 aliphatic carbocycles. The minimum absolute atomic E-state index is 0.812. The molecule has 1 aliphatic heterocycles. The molecule has 0 fully saturated rings. The highest BCUT2D eigenvalue weighted by atomic mass is 28.3. The second-order valence-electron chi connectivity index (χ2n) is 10.7. The molecule has 0 N–H and O–H groups in total. The van der Waals surface area contributed by atoms with Gasteiger partial charge in [-0.25, -0.2) is 9.97 Å². The molecule has 4 heteroatoms. The Bertz CT molecular complexity index is 1910. The van der Waals surface area contributed by atoms with Crippen LogP contribution in [0.1, 0.15) is 19.7 Å². The molecule has 7 rings (SSSR count). The van der Waals surface area contributed by atoms with Crippen LogP contribution < -0.4 is 10.4 Å². The van der Waals surface area contributed by atoms with Crippen molar-refractivity contribution in [1.82, 2.24) is 14.5 Å². The van der Waals surface area contributed by atoms with Crippen LogP contribution in [0, 0.1) is 0 Å². The number of nitrogens with zero attached hydrogens (tertiary/aromatic N) is 3. The smallest absolute Gasteiger partial charge is 0.155 e. The van der Waals surface area contributed by atoms with Crippen LogP contribution in [0.2, 0.25) is 13.1 Å². The molecule has 0 spiro atoms. The van der Waals surface area contributed by atoms with E-state index in [-0.39, 0.29) is 0 Å². The Morgan fingerprint density at radius 1 is 0.737 bits per heavy atom. The van der Waals surface area contributed by atoms with Crippen molar-refractivity contribution in [3.8, 4) is 28.2 Å². The predicted octanol–water partition coefficient (Wildman–Crippen LogP) is 7.47. The summed E-state index contributed by atoms with van der Waals surface area (Å²) in [5.41, 5.74) is 9.27. The number of para-hydroxylation sites is 2. The molecule has 1 aliphatic rings. The van der Waals surface area contributed by atoms with Crippen molar-refractivity contribution >= 4 is 45.8 Å². The van der Waals surface area contributed by atoms with Crippen LogP contribution in [0.15, 0.2) is 103 Å². The zero-order valence-electron chi connectivity index (χ0n) is 22.2. The molecule has 3 heterocycles. The zero-order chi connectivity index (χ0) is 26.0. The van der Waals surface area contributed by atoms with Crippen LogP contribution in [0.5, 0.6) is 0 Å². The van der Waals surface area contributed by atoms with E-state index < -0.39 is 8.07 Å². The Labute approximate surface area is 224 Å². The highest BCUT2D eigenvalue weighted by molar-refractivity contribution is 7.04.